The van der Waals surface area contributed by atoms with Crippen LogP contribution in [0.2, 0.25) is 0 Å². The van der Waals surface area contributed by atoms with E-state index in [2.05, 4.69) is 257 Å². The van der Waals surface area contributed by atoms with Crippen LogP contribution in [0.15, 0.2) is 164 Å². The average Bonchev–Trinajstić information content (AvgIpc) is 3.96. The Bertz CT molecular complexity index is 3650. The highest BCUT2D eigenvalue weighted by atomic mass is 32.1. The minimum absolute atomic E-state index is 0.0207. The molecule has 8 aromatic carbocycles. The predicted molar refractivity (Wildman–Crippen MR) is 307 cm³/mol. The van der Waals surface area contributed by atoms with E-state index in [4.69, 9.17) is 0 Å². The molecule has 0 saturated carbocycles. The molecule has 1 spiro atoms. The van der Waals surface area contributed by atoms with Crippen LogP contribution in [0.5, 0.6) is 0 Å². The van der Waals surface area contributed by atoms with Crippen molar-refractivity contribution >= 4 is 78.6 Å². The molecule has 4 heteroatoms. The van der Waals surface area contributed by atoms with Gasteiger partial charge in [0.2, 0.25) is 0 Å². The topological polar surface area (TPSA) is 6.48 Å². The molecular weight excluding hydrogens is 876 g/mol. The van der Waals surface area contributed by atoms with Crippen LogP contribution in [0.25, 0.3) is 32.3 Å². The second kappa shape index (κ2) is 14.7. The third-order valence-electron chi connectivity index (χ3n) is 16.5. The van der Waals surface area contributed by atoms with Crippen LogP contribution in [0, 0.1) is 0 Å². The highest BCUT2D eigenvalue weighted by Gasteiger charge is 2.55. The van der Waals surface area contributed by atoms with Gasteiger partial charge in [0, 0.05) is 54.7 Å². The third-order valence-corrected chi connectivity index (χ3v) is 17.8. The molecule has 0 bridgehead atoms. The average molecular weight is 939 g/mol. The van der Waals surface area contributed by atoms with Gasteiger partial charge in [0.25, 0.3) is 6.71 Å². The van der Waals surface area contributed by atoms with E-state index < -0.39 is 5.41 Å². The van der Waals surface area contributed by atoms with E-state index in [0.29, 0.717) is 0 Å². The van der Waals surface area contributed by atoms with E-state index in [1.807, 2.05) is 11.3 Å². The molecule has 2 aliphatic carbocycles. The maximum Gasteiger partial charge on any atom is 0.252 e. The first-order valence-electron chi connectivity index (χ1n) is 25.8. The van der Waals surface area contributed by atoms with Crippen molar-refractivity contribution in [2.75, 3.05) is 9.80 Å². The zero-order valence-electron chi connectivity index (χ0n) is 43.5. The van der Waals surface area contributed by atoms with Gasteiger partial charge in [0.1, 0.15) is 0 Å². The van der Waals surface area contributed by atoms with Crippen LogP contribution in [0.4, 0.5) is 34.1 Å². The Morgan fingerprint density at radius 1 is 0.394 bits per heavy atom. The van der Waals surface area contributed by atoms with Crippen molar-refractivity contribution in [3.05, 3.63) is 208 Å². The summed E-state index contributed by atoms with van der Waals surface area (Å²) < 4.78 is 1.34. The molecule has 71 heavy (non-hydrogen) atoms. The zero-order valence-corrected chi connectivity index (χ0v) is 44.3. The van der Waals surface area contributed by atoms with Gasteiger partial charge < -0.3 is 9.80 Å². The first-order valence-corrected chi connectivity index (χ1v) is 26.6. The maximum absolute atomic E-state index is 2.70. The van der Waals surface area contributed by atoms with Gasteiger partial charge in [-0.25, -0.2) is 0 Å². The quantitative estimate of drug-likeness (QED) is 0.159. The van der Waals surface area contributed by atoms with Gasteiger partial charge in [-0.15, -0.1) is 11.3 Å². The van der Waals surface area contributed by atoms with Crippen LogP contribution >= 0.6 is 11.3 Å². The second-order valence-corrected chi connectivity index (χ2v) is 26.1. The minimum atomic E-state index is -0.469. The molecule has 4 aliphatic rings. The van der Waals surface area contributed by atoms with Crippen LogP contribution in [0.3, 0.4) is 0 Å². The lowest BCUT2D eigenvalue weighted by Crippen LogP contribution is -2.61. The lowest BCUT2D eigenvalue weighted by molar-refractivity contribution is 0.589. The molecule has 2 nitrogen and oxygen atoms in total. The van der Waals surface area contributed by atoms with Crippen molar-refractivity contribution < 1.29 is 0 Å². The van der Waals surface area contributed by atoms with Crippen molar-refractivity contribution in [1.82, 2.24) is 0 Å². The van der Waals surface area contributed by atoms with Crippen molar-refractivity contribution in [2.45, 2.75) is 110 Å². The standard InChI is InChI=1S/C67H63BN2S/c1-63(2,3)40-25-30-44(31-26-40)69-55-35-42(65(7,8)9)29-34-53(55)68-54-39-52-49(38-56(54)70(45-32-27-41(28-33-45)64(4,5)6)58-37-43(66(10,11)12)36-57(69)61(58)68)60-48-21-15-18-24-59(48)71-62(60)67(52)50-22-16-13-19-46(50)47-20-14-17-23-51(47)67/h13-39H,1-12H3. The fourth-order valence-electron chi connectivity index (χ4n) is 12.7. The summed E-state index contributed by atoms with van der Waals surface area (Å²) in [6.07, 6.45) is 0. The molecule has 2 aliphatic heterocycles. The molecule has 3 heterocycles. The molecule has 0 saturated heterocycles. The number of fused-ring (bicyclic) bond motifs is 16. The number of thiophene rings is 1. The monoisotopic (exact) mass is 938 g/mol. The summed E-state index contributed by atoms with van der Waals surface area (Å²) in [5.41, 5.74) is 25.8. The van der Waals surface area contributed by atoms with Crippen molar-refractivity contribution in [2.24, 2.45) is 0 Å². The van der Waals surface area contributed by atoms with Crippen molar-refractivity contribution in [3.63, 3.8) is 0 Å². The van der Waals surface area contributed by atoms with Gasteiger partial charge in [-0.1, -0.05) is 192 Å². The molecule has 350 valence electrons. The molecule has 1 aromatic heterocycles. The highest BCUT2D eigenvalue weighted by Crippen LogP contribution is 2.66. The van der Waals surface area contributed by atoms with Crippen LogP contribution in [-0.2, 0) is 27.1 Å². The Hall–Kier alpha value is -6.62. The lowest BCUT2D eigenvalue weighted by atomic mass is 9.33. The highest BCUT2D eigenvalue weighted by molar-refractivity contribution is 7.20. The molecule has 0 fully saturated rings. The van der Waals surface area contributed by atoms with Crippen LogP contribution < -0.4 is 26.2 Å². The number of anilines is 6. The summed E-state index contributed by atoms with van der Waals surface area (Å²) in [5, 5.41) is 1.34. The molecule has 0 atom stereocenters. The van der Waals surface area contributed by atoms with E-state index in [1.54, 1.807) is 0 Å². The van der Waals surface area contributed by atoms with Crippen LogP contribution in [-0.4, -0.2) is 6.71 Å². The summed E-state index contributed by atoms with van der Waals surface area (Å²) in [7, 11) is 0. The Balaban J connectivity index is 1.18. The van der Waals surface area contributed by atoms with Crippen molar-refractivity contribution in [3.8, 4) is 22.3 Å². The first-order chi connectivity index (χ1) is 33.7. The van der Waals surface area contributed by atoms with Gasteiger partial charge >= 0.3 is 0 Å². The minimum Gasteiger partial charge on any atom is -0.311 e. The number of rotatable bonds is 2. The van der Waals surface area contributed by atoms with E-state index >= 15 is 0 Å². The summed E-state index contributed by atoms with van der Waals surface area (Å²) in [5.74, 6) is 0. The Morgan fingerprint density at radius 3 is 1.39 bits per heavy atom. The normalized spacial score (nSPS) is 15.1. The summed E-state index contributed by atoms with van der Waals surface area (Å²) in [6, 6.07) is 64.5. The second-order valence-electron chi connectivity index (χ2n) is 25.0. The number of hydrogen-bond donors (Lipinski definition) is 0. The molecule has 9 aromatic rings. The number of hydrogen-bond acceptors (Lipinski definition) is 3. The zero-order chi connectivity index (χ0) is 49.3. The molecule has 13 rings (SSSR count). The largest absolute Gasteiger partial charge is 0.311 e. The van der Waals surface area contributed by atoms with Gasteiger partial charge in [-0.05, 0) is 148 Å². The van der Waals surface area contributed by atoms with Crippen LogP contribution in [0.1, 0.15) is 127 Å². The Morgan fingerprint density at radius 2 is 0.859 bits per heavy atom. The van der Waals surface area contributed by atoms with E-state index in [0.717, 1.165) is 0 Å². The molecule has 0 radical (unpaired) electrons. The third kappa shape index (κ3) is 6.26. The fraction of sp³-hybridized carbons (Fsp3) is 0.254. The van der Waals surface area contributed by atoms with E-state index in [1.165, 1.54) is 127 Å². The molecular formula is C67H63BN2S. The summed E-state index contributed by atoms with van der Waals surface area (Å²) in [4.78, 5) is 6.71. The fourth-order valence-corrected chi connectivity index (χ4v) is 14.2. The van der Waals surface area contributed by atoms with E-state index in [9.17, 15) is 0 Å². The van der Waals surface area contributed by atoms with Gasteiger partial charge in [0.15, 0.2) is 0 Å². The van der Waals surface area contributed by atoms with Crippen molar-refractivity contribution in [1.29, 1.82) is 0 Å². The predicted octanol–water partition coefficient (Wildman–Crippen LogP) is 16.5. The van der Waals surface area contributed by atoms with Gasteiger partial charge in [-0.2, -0.15) is 0 Å². The lowest BCUT2D eigenvalue weighted by Gasteiger charge is -2.46. The Kier molecular flexibility index (Phi) is 9.20. The summed E-state index contributed by atoms with van der Waals surface area (Å²) in [6.45, 7) is 28.0. The molecule has 0 N–H and O–H groups in total. The Labute approximate surface area is 426 Å². The van der Waals surface area contributed by atoms with Gasteiger partial charge in [-0.3, -0.25) is 0 Å². The SMILES string of the molecule is CC(C)(C)c1ccc(N2c3cc(C(C)(C)C)ccc3B3c4cc5c(cc4N(c4ccc(C(C)(C)C)cc4)c4cc(C(C)(C)C)cc2c43)-c2c(sc3ccccc23)C52c3ccccc3-c3ccccc32)cc1. The van der Waals surface area contributed by atoms with E-state index in [-0.39, 0.29) is 28.4 Å². The number of benzene rings is 8. The maximum atomic E-state index is 2.70. The molecule has 0 unspecified atom stereocenters. The summed E-state index contributed by atoms with van der Waals surface area (Å²) >= 11 is 1.99. The molecule has 0 amide bonds. The number of nitrogens with zero attached hydrogens (tertiary/aromatic N) is 2. The first kappa shape index (κ1) is 44.3. The smallest absolute Gasteiger partial charge is 0.252 e. The van der Waals surface area contributed by atoms with Gasteiger partial charge in [0.05, 0.1) is 5.41 Å².